The normalized spacial score (nSPS) is 10.4. The Morgan fingerprint density at radius 2 is 2.15 bits per heavy atom. The van der Waals surface area contributed by atoms with Crippen LogP contribution in [0.25, 0.3) is 0 Å². The third-order valence-corrected chi connectivity index (χ3v) is 3.31. The summed E-state index contributed by atoms with van der Waals surface area (Å²) in [5.41, 5.74) is 7.04. The van der Waals surface area contributed by atoms with Crippen LogP contribution < -0.4 is 10.6 Å². The Kier molecular flexibility index (Phi) is 6.23. The van der Waals surface area contributed by atoms with Crippen LogP contribution in [-0.4, -0.2) is 30.2 Å². The number of carbonyl (C=O) groups is 1. The molecule has 1 aromatic rings. The molecule has 0 aromatic heterocycles. The van der Waals surface area contributed by atoms with Crippen molar-refractivity contribution in [2.75, 3.05) is 18.1 Å². The van der Waals surface area contributed by atoms with Gasteiger partial charge in [0.15, 0.2) is 0 Å². The second kappa shape index (κ2) is 7.45. The van der Waals surface area contributed by atoms with Crippen molar-refractivity contribution in [3.63, 3.8) is 0 Å². The average molecular weight is 315 g/mol. The lowest BCUT2D eigenvalue weighted by molar-refractivity contribution is -0.141. The monoisotopic (exact) mass is 314 g/mol. The van der Waals surface area contributed by atoms with Crippen molar-refractivity contribution in [1.29, 1.82) is 0 Å². The molecule has 0 aliphatic rings. The summed E-state index contributed by atoms with van der Waals surface area (Å²) >= 11 is 11.1. The van der Waals surface area contributed by atoms with E-state index in [1.807, 2.05) is 24.8 Å². The molecule has 0 amide bonds. The first-order chi connectivity index (χ1) is 9.36. The van der Waals surface area contributed by atoms with Gasteiger partial charge in [-0.05, 0) is 39.0 Å². The maximum atomic E-state index is 11.7. The Morgan fingerprint density at radius 3 is 2.60 bits per heavy atom. The lowest BCUT2D eigenvalue weighted by atomic mass is 10.1. The smallest absolute Gasteiger partial charge is 0.325 e. The van der Waals surface area contributed by atoms with Gasteiger partial charge in [0, 0.05) is 17.3 Å². The van der Waals surface area contributed by atoms with Crippen molar-refractivity contribution >= 4 is 40.5 Å². The van der Waals surface area contributed by atoms with Crippen molar-refractivity contribution in [3.05, 3.63) is 28.8 Å². The van der Waals surface area contributed by atoms with Crippen LogP contribution in [0.1, 0.15) is 26.3 Å². The largest absolute Gasteiger partial charge is 0.465 e. The lowest BCUT2D eigenvalue weighted by Gasteiger charge is -2.28. The molecular weight excluding hydrogens is 296 g/mol. The Bertz CT molecular complexity index is 506. The van der Waals surface area contributed by atoms with Crippen LogP contribution in [0, 0.1) is 0 Å². The molecule has 0 radical (unpaired) electrons. The molecule has 0 saturated heterocycles. The molecule has 2 N–H and O–H groups in total. The van der Waals surface area contributed by atoms with E-state index in [1.54, 1.807) is 19.1 Å². The first-order valence-corrected chi connectivity index (χ1v) is 7.17. The van der Waals surface area contributed by atoms with Gasteiger partial charge in [0.2, 0.25) is 0 Å². The van der Waals surface area contributed by atoms with E-state index in [1.165, 1.54) is 0 Å². The number of thiocarbonyl (C=S) groups is 1. The van der Waals surface area contributed by atoms with Crippen molar-refractivity contribution < 1.29 is 9.53 Å². The molecule has 0 bridgehead atoms. The minimum atomic E-state index is -0.268. The maximum absolute atomic E-state index is 11.7. The Balaban J connectivity index is 3.01. The standard InChI is InChI=1S/C14H19ClN2O2S/c1-4-19-13(18)8-17(9(2)3)10-5-6-11(14(16)20)12(15)7-10/h5-7,9H,4,8H2,1-3H3,(H2,16,20). The number of esters is 1. The van der Waals surface area contributed by atoms with Crippen LogP contribution in [0.2, 0.25) is 5.02 Å². The fourth-order valence-electron chi connectivity index (χ4n) is 1.80. The van der Waals surface area contributed by atoms with E-state index >= 15 is 0 Å². The van der Waals surface area contributed by atoms with Gasteiger partial charge in [-0.25, -0.2) is 0 Å². The van der Waals surface area contributed by atoms with E-state index in [0.717, 1.165) is 5.69 Å². The van der Waals surface area contributed by atoms with E-state index in [9.17, 15) is 4.79 Å². The Labute approximate surface area is 129 Å². The molecule has 6 heteroatoms. The quantitative estimate of drug-likeness (QED) is 0.646. The van der Waals surface area contributed by atoms with Crippen LogP contribution in [0.3, 0.4) is 0 Å². The number of nitrogens with two attached hydrogens (primary N) is 1. The van der Waals surface area contributed by atoms with E-state index < -0.39 is 0 Å². The molecule has 1 aromatic carbocycles. The molecule has 0 fully saturated rings. The lowest BCUT2D eigenvalue weighted by Crippen LogP contribution is -2.36. The minimum Gasteiger partial charge on any atom is -0.465 e. The van der Waals surface area contributed by atoms with Gasteiger partial charge in [-0.2, -0.15) is 0 Å². The molecular formula is C14H19ClN2O2S. The highest BCUT2D eigenvalue weighted by molar-refractivity contribution is 7.80. The van der Waals surface area contributed by atoms with Crippen molar-refractivity contribution in [3.8, 4) is 0 Å². The number of anilines is 1. The summed E-state index contributed by atoms with van der Waals surface area (Å²) in [4.78, 5) is 13.8. The zero-order valence-electron chi connectivity index (χ0n) is 11.9. The number of benzene rings is 1. The molecule has 110 valence electrons. The van der Waals surface area contributed by atoms with Gasteiger partial charge in [0.05, 0.1) is 11.6 Å². The molecule has 0 unspecified atom stereocenters. The van der Waals surface area contributed by atoms with Crippen LogP contribution >= 0.6 is 23.8 Å². The highest BCUT2D eigenvalue weighted by Gasteiger charge is 2.17. The number of ether oxygens (including phenoxy) is 1. The van der Waals surface area contributed by atoms with Crippen molar-refractivity contribution in [2.45, 2.75) is 26.8 Å². The number of hydrogen-bond donors (Lipinski definition) is 1. The van der Waals surface area contributed by atoms with Crippen LogP contribution in [0.15, 0.2) is 18.2 Å². The molecule has 0 aliphatic heterocycles. The predicted molar refractivity (Wildman–Crippen MR) is 86.5 cm³/mol. The molecule has 1 rings (SSSR count). The molecule has 20 heavy (non-hydrogen) atoms. The zero-order chi connectivity index (χ0) is 15.3. The first-order valence-electron chi connectivity index (χ1n) is 6.38. The minimum absolute atomic E-state index is 0.131. The second-order valence-electron chi connectivity index (χ2n) is 4.56. The van der Waals surface area contributed by atoms with Crippen molar-refractivity contribution in [1.82, 2.24) is 0 Å². The first kappa shape index (κ1) is 16.7. The van der Waals surface area contributed by atoms with Gasteiger partial charge in [0.1, 0.15) is 11.5 Å². The predicted octanol–water partition coefficient (Wildman–Crippen LogP) is 2.75. The van der Waals surface area contributed by atoms with Gasteiger partial charge in [-0.1, -0.05) is 23.8 Å². The number of nitrogens with zero attached hydrogens (tertiary/aromatic N) is 1. The SMILES string of the molecule is CCOC(=O)CN(c1ccc(C(N)=S)c(Cl)c1)C(C)C. The number of hydrogen-bond acceptors (Lipinski definition) is 4. The molecule has 0 heterocycles. The highest BCUT2D eigenvalue weighted by Crippen LogP contribution is 2.25. The van der Waals surface area contributed by atoms with E-state index in [4.69, 9.17) is 34.3 Å². The van der Waals surface area contributed by atoms with Gasteiger partial charge < -0.3 is 15.4 Å². The van der Waals surface area contributed by atoms with Gasteiger partial charge in [-0.15, -0.1) is 0 Å². The average Bonchev–Trinajstić information content (AvgIpc) is 2.35. The summed E-state index contributed by atoms with van der Waals surface area (Å²) < 4.78 is 4.98. The molecule has 0 aliphatic carbocycles. The van der Waals surface area contributed by atoms with Gasteiger partial charge in [-0.3, -0.25) is 4.79 Å². The topological polar surface area (TPSA) is 55.6 Å². The summed E-state index contributed by atoms with van der Waals surface area (Å²) in [6.45, 7) is 6.31. The van der Waals surface area contributed by atoms with E-state index in [0.29, 0.717) is 17.2 Å². The number of carbonyl (C=O) groups excluding carboxylic acids is 1. The summed E-state index contributed by atoms with van der Waals surface area (Å²) in [6, 6.07) is 5.50. The van der Waals surface area contributed by atoms with E-state index in [-0.39, 0.29) is 23.5 Å². The molecule has 0 atom stereocenters. The summed E-state index contributed by atoms with van der Waals surface area (Å²) in [6.07, 6.45) is 0. The fourth-order valence-corrected chi connectivity index (χ4v) is 2.31. The van der Waals surface area contributed by atoms with Gasteiger partial charge in [0.25, 0.3) is 0 Å². The molecule has 0 spiro atoms. The second-order valence-corrected chi connectivity index (χ2v) is 5.40. The van der Waals surface area contributed by atoms with E-state index in [2.05, 4.69) is 0 Å². The maximum Gasteiger partial charge on any atom is 0.325 e. The number of halogens is 1. The van der Waals surface area contributed by atoms with Crippen LogP contribution in [0.4, 0.5) is 5.69 Å². The van der Waals surface area contributed by atoms with Crippen LogP contribution in [-0.2, 0) is 9.53 Å². The number of rotatable bonds is 6. The fraction of sp³-hybridized carbons (Fsp3) is 0.429. The zero-order valence-corrected chi connectivity index (χ0v) is 13.4. The van der Waals surface area contributed by atoms with Gasteiger partial charge >= 0.3 is 5.97 Å². The van der Waals surface area contributed by atoms with Crippen LogP contribution in [0.5, 0.6) is 0 Å². The third kappa shape index (κ3) is 4.35. The Hall–Kier alpha value is -1.33. The Morgan fingerprint density at radius 1 is 1.50 bits per heavy atom. The summed E-state index contributed by atoms with van der Waals surface area (Å²) in [5.74, 6) is -0.268. The molecule has 0 saturated carbocycles. The van der Waals surface area contributed by atoms with Crippen molar-refractivity contribution in [2.24, 2.45) is 5.73 Å². The summed E-state index contributed by atoms with van der Waals surface area (Å²) in [5, 5.41) is 0.476. The molecule has 4 nitrogen and oxygen atoms in total. The highest BCUT2D eigenvalue weighted by atomic mass is 35.5. The summed E-state index contributed by atoms with van der Waals surface area (Å²) in [7, 11) is 0. The third-order valence-electron chi connectivity index (χ3n) is 2.78.